The van der Waals surface area contributed by atoms with Crippen LogP contribution in [-0.4, -0.2) is 6.41 Å². The molecular formula is C19H16N2O. The molecule has 0 spiro atoms. The Morgan fingerprint density at radius 3 is 1.55 bits per heavy atom. The monoisotopic (exact) mass is 288 g/mol. The van der Waals surface area contributed by atoms with Gasteiger partial charge in [0.25, 0.3) is 0 Å². The second kappa shape index (κ2) is 6.59. The maximum Gasteiger partial charge on any atom is 0.211 e. The fourth-order valence-corrected chi connectivity index (χ4v) is 2.38. The van der Waals surface area contributed by atoms with Crippen molar-refractivity contribution in [2.45, 2.75) is 0 Å². The summed E-state index contributed by atoms with van der Waals surface area (Å²) in [5.41, 5.74) is 3.99. The van der Waals surface area contributed by atoms with Crippen molar-refractivity contribution in [3.63, 3.8) is 0 Å². The molecule has 1 amide bonds. The maximum atomic E-state index is 10.5. The van der Waals surface area contributed by atoms with Crippen molar-refractivity contribution in [2.75, 3.05) is 10.2 Å². The van der Waals surface area contributed by atoms with Gasteiger partial charge in [0.1, 0.15) is 0 Å². The number of rotatable bonds is 5. The summed E-state index contributed by atoms with van der Waals surface area (Å²) in [6, 6.07) is 28.2. The Hall–Kier alpha value is -3.07. The third-order valence-corrected chi connectivity index (χ3v) is 3.38. The summed E-state index contributed by atoms with van der Waals surface area (Å²) in [6.07, 6.45) is 0.682. The summed E-state index contributed by atoms with van der Waals surface area (Å²) in [5.74, 6) is 0. The quantitative estimate of drug-likeness (QED) is 0.689. The number of carbonyl (C=O) groups is 1. The molecule has 108 valence electrons. The van der Waals surface area contributed by atoms with Crippen molar-refractivity contribution in [3.05, 3.63) is 84.9 Å². The van der Waals surface area contributed by atoms with Crippen LogP contribution in [0.15, 0.2) is 84.9 Å². The first-order valence-corrected chi connectivity index (χ1v) is 7.09. The van der Waals surface area contributed by atoms with Gasteiger partial charge in [0.15, 0.2) is 0 Å². The lowest BCUT2D eigenvalue weighted by Gasteiger charge is -2.25. The molecule has 0 aliphatic carbocycles. The summed E-state index contributed by atoms with van der Waals surface area (Å²) >= 11 is 0. The van der Waals surface area contributed by atoms with Gasteiger partial charge in [-0.1, -0.05) is 36.4 Å². The third kappa shape index (κ3) is 2.99. The average Bonchev–Trinajstić information content (AvgIpc) is 2.59. The molecule has 0 heterocycles. The lowest BCUT2D eigenvalue weighted by Crippen LogP contribution is -2.09. The normalized spacial score (nSPS) is 10.0. The first kappa shape index (κ1) is 13.9. The highest BCUT2D eigenvalue weighted by Crippen LogP contribution is 2.34. The van der Waals surface area contributed by atoms with Crippen molar-refractivity contribution >= 4 is 29.2 Å². The van der Waals surface area contributed by atoms with E-state index in [2.05, 4.69) is 34.5 Å². The van der Waals surface area contributed by atoms with Crippen molar-refractivity contribution in [1.82, 2.24) is 0 Å². The first-order valence-electron chi connectivity index (χ1n) is 7.09. The molecule has 0 saturated heterocycles. The summed E-state index contributed by atoms with van der Waals surface area (Å²) in [4.78, 5) is 12.7. The Kier molecular flexibility index (Phi) is 4.16. The van der Waals surface area contributed by atoms with Crippen molar-refractivity contribution in [3.8, 4) is 0 Å². The largest absolute Gasteiger partial charge is 0.329 e. The van der Waals surface area contributed by atoms with Crippen LogP contribution in [0.2, 0.25) is 0 Å². The van der Waals surface area contributed by atoms with E-state index in [9.17, 15) is 4.79 Å². The average molecular weight is 288 g/mol. The van der Waals surface area contributed by atoms with Crippen molar-refractivity contribution < 1.29 is 4.79 Å². The van der Waals surface area contributed by atoms with Crippen LogP contribution < -0.4 is 10.2 Å². The lowest BCUT2D eigenvalue weighted by molar-refractivity contribution is -0.105. The van der Waals surface area contributed by atoms with Crippen LogP contribution in [-0.2, 0) is 4.79 Å². The van der Waals surface area contributed by atoms with E-state index in [1.165, 1.54) is 0 Å². The molecule has 0 aliphatic heterocycles. The van der Waals surface area contributed by atoms with E-state index in [1.807, 2.05) is 60.7 Å². The van der Waals surface area contributed by atoms with E-state index in [0.29, 0.717) is 6.41 Å². The SMILES string of the molecule is O=CNc1ccc(N(c2ccccc2)c2ccccc2)cc1. The van der Waals surface area contributed by atoms with Crippen LogP contribution in [0.3, 0.4) is 0 Å². The number of nitrogens with zero attached hydrogens (tertiary/aromatic N) is 1. The van der Waals surface area contributed by atoms with Gasteiger partial charge >= 0.3 is 0 Å². The molecule has 0 atom stereocenters. The molecule has 3 aromatic carbocycles. The molecule has 0 aromatic heterocycles. The van der Waals surface area contributed by atoms with Gasteiger partial charge in [0.2, 0.25) is 6.41 Å². The molecule has 0 unspecified atom stereocenters. The minimum Gasteiger partial charge on any atom is -0.329 e. The lowest BCUT2D eigenvalue weighted by atomic mass is 10.2. The van der Waals surface area contributed by atoms with E-state index < -0.39 is 0 Å². The molecule has 3 rings (SSSR count). The molecule has 3 nitrogen and oxygen atoms in total. The van der Waals surface area contributed by atoms with E-state index in [4.69, 9.17) is 0 Å². The van der Waals surface area contributed by atoms with Gasteiger partial charge in [-0.15, -0.1) is 0 Å². The molecule has 0 saturated carbocycles. The topological polar surface area (TPSA) is 32.3 Å². The third-order valence-electron chi connectivity index (χ3n) is 3.38. The van der Waals surface area contributed by atoms with Gasteiger partial charge in [-0.2, -0.15) is 0 Å². The molecule has 22 heavy (non-hydrogen) atoms. The van der Waals surface area contributed by atoms with Crippen LogP contribution >= 0.6 is 0 Å². The standard InChI is InChI=1S/C19H16N2O/c22-15-20-16-11-13-19(14-12-16)21(17-7-3-1-4-8-17)18-9-5-2-6-10-18/h1-15H,(H,20,22). The Labute approximate surface area is 129 Å². The second-order valence-electron chi connectivity index (χ2n) is 4.82. The van der Waals surface area contributed by atoms with Crippen LogP contribution in [0.25, 0.3) is 0 Å². The Morgan fingerprint density at radius 1 is 0.636 bits per heavy atom. The highest BCUT2D eigenvalue weighted by Gasteiger charge is 2.11. The van der Waals surface area contributed by atoms with E-state index in [1.54, 1.807) is 0 Å². The summed E-state index contributed by atoms with van der Waals surface area (Å²) < 4.78 is 0. The molecule has 0 fully saturated rings. The van der Waals surface area contributed by atoms with Gasteiger partial charge in [0, 0.05) is 22.7 Å². The molecule has 0 bridgehead atoms. The van der Waals surface area contributed by atoms with Crippen molar-refractivity contribution in [2.24, 2.45) is 0 Å². The zero-order chi connectivity index (χ0) is 15.2. The summed E-state index contributed by atoms with van der Waals surface area (Å²) in [5, 5.41) is 2.65. The Morgan fingerprint density at radius 2 is 1.09 bits per heavy atom. The number of benzene rings is 3. The van der Waals surface area contributed by atoms with Gasteiger partial charge in [-0.25, -0.2) is 0 Å². The zero-order valence-electron chi connectivity index (χ0n) is 12.0. The van der Waals surface area contributed by atoms with Crippen LogP contribution in [0.1, 0.15) is 0 Å². The van der Waals surface area contributed by atoms with E-state index in [0.717, 1.165) is 22.7 Å². The fourth-order valence-electron chi connectivity index (χ4n) is 2.38. The number of hydrogen-bond donors (Lipinski definition) is 1. The van der Waals surface area contributed by atoms with Gasteiger partial charge in [-0.05, 0) is 48.5 Å². The second-order valence-corrected chi connectivity index (χ2v) is 4.82. The van der Waals surface area contributed by atoms with Crippen molar-refractivity contribution in [1.29, 1.82) is 0 Å². The number of anilines is 4. The van der Waals surface area contributed by atoms with Crippen LogP contribution in [0.4, 0.5) is 22.7 Å². The van der Waals surface area contributed by atoms with Crippen LogP contribution in [0, 0.1) is 0 Å². The minimum atomic E-state index is 0.682. The van der Waals surface area contributed by atoms with Crippen LogP contribution in [0.5, 0.6) is 0 Å². The Bertz CT molecular complexity index is 685. The Balaban J connectivity index is 2.04. The van der Waals surface area contributed by atoms with Gasteiger partial charge < -0.3 is 10.2 Å². The van der Waals surface area contributed by atoms with E-state index >= 15 is 0 Å². The molecule has 3 heteroatoms. The van der Waals surface area contributed by atoms with Gasteiger partial charge in [0.05, 0.1) is 0 Å². The molecule has 1 N–H and O–H groups in total. The molecule has 3 aromatic rings. The first-order chi connectivity index (χ1) is 10.9. The van der Waals surface area contributed by atoms with Gasteiger partial charge in [-0.3, -0.25) is 4.79 Å². The number of hydrogen-bond acceptors (Lipinski definition) is 2. The predicted molar refractivity (Wildman–Crippen MR) is 90.8 cm³/mol. The molecular weight excluding hydrogens is 272 g/mol. The number of amides is 1. The number of para-hydroxylation sites is 2. The zero-order valence-corrected chi connectivity index (χ0v) is 12.0. The summed E-state index contributed by atoms with van der Waals surface area (Å²) in [7, 11) is 0. The maximum absolute atomic E-state index is 10.5. The highest BCUT2D eigenvalue weighted by atomic mass is 16.1. The number of carbonyl (C=O) groups excluding carboxylic acids is 1. The summed E-state index contributed by atoms with van der Waals surface area (Å²) in [6.45, 7) is 0. The minimum absolute atomic E-state index is 0.682. The number of nitrogens with one attached hydrogen (secondary N) is 1. The predicted octanol–water partition coefficient (Wildman–Crippen LogP) is 4.72. The molecule has 0 radical (unpaired) electrons. The van der Waals surface area contributed by atoms with E-state index in [-0.39, 0.29) is 0 Å². The molecule has 0 aliphatic rings. The fraction of sp³-hybridized carbons (Fsp3) is 0. The smallest absolute Gasteiger partial charge is 0.211 e. The highest BCUT2D eigenvalue weighted by molar-refractivity contribution is 5.78.